The van der Waals surface area contributed by atoms with Crippen molar-refractivity contribution in [2.24, 2.45) is 0 Å². The van der Waals surface area contributed by atoms with E-state index in [9.17, 15) is 0 Å². The van der Waals surface area contributed by atoms with Gasteiger partial charge >= 0.3 is 0 Å². The van der Waals surface area contributed by atoms with Gasteiger partial charge in [-0.15, -0.1) is 0 Å². The Labute approximate surface area is 127 Å². The summed E-state index contributed by atoms with van der Waals surface area (Å²) in [6.07, 6.45) is 0. The Morgan fingerprint density at radius 3 is 2.70 bits per heavy atom. The van der Waals surface area contributed by atoms with Crippen LogP contribution in [0.2, 0.25) is 0 Å². The van der Waals surface area contributed by atoms with Crippen molar-refractivity contribution < 1.29 is 4.74 Å². The zero-order valence-electron chi connectivity index (χ0n) is 11.4. The molecule has 2 rings (SSSR count). The fourth-order valence-electron chi connectivity index (χ4n) is 2.00. The molecule has 102 valence electrons. The minimum atomic E-state index is 0.612. The van der Waals surface area contributed by atoms with Gasteiger partial charge in [-0.25, -0.2) is 0 Å². The maximum Gasteiger partial charge on any atom is 0.123 e. The Morgan fingerprint density at radius 1 is 1.25 bits per heavy atom. The molecule has 3 nitrogen and oxygen atoms in total. The van der Waals surface area contributed by atoms with Gasteiger partial charge < -0.3 is 10.1 Å². The van der Waals surface area contributed by atoms with E-state index in [0.717, 1.165) is 27.0 Å². The van der Waals surface area contributed by atoms with Crippen molar-refractivity contribution in [2.75, 3.05) is 12.4 Å². The topological polar surface area (TPSA) is 45.0 Å². The van der Waals surface area contributed by atoms with Gasteiger partial charge in [0.05, 0.1) is 18.7 Å². The number of nitrogens with zero attached hydrogens (tertiary/aromatic N) is 1. The summed E-state index contributed by atoms with van der Waals surface area (Å²) in [4.78, 5) is 0. The molecule has 0 atom stereocenters. The number of hydrogen-bond donors (Lipinski definition) is 1. The van der Waals surface area contributed by atoms with Crippen LogP contribution in [0.25, 0.3) is 0 Å². The first-order valence-electron chi connectivity index (χ1n) is 6.21. The molecule has 0 bridgehead atoms. The third kappa shape index (κ3) is 3.31. The van der Waals surface area contributed by atoms with Crippen LogP contribution in [0.5, 0.6) is 5.75 Å². The second-order valence-electron chi connectivity index (χ2n) is 4.45. The summed E-state index contributed by atoms with van der Waals surface area (Å²) in [6.45, 7) is 2.66. The quantitative estimate of drug-likeness (QED) is 0.911. The Kier molecular flexibility index (Phi) is 4.65. The SMILES string of the molecule is COc1ccc(C#N)cc1CNc1ccc(Br)cc1C. The molecule has 0 heterocycles. The molecule has 0 spiro atoms. The predicted octanol–water partition coefficient (Wildman–Crippen LogP) is 4.25. The van der Waals surface area contributed by atoms with Crippen LogP contribution in [0.15, 0.2) is 40.9 Å². The molecule has 20 heavy (non-hydrogen) atoms. The zero-order chi connectivity index (χ0) is 14.5. The second-order valence-corrected chi connectivity index (χ2v) is 5.37. The standard InChI is InChI=1S/C16H15BrN2O/c1-11-7-14(17)4-5-15(11)19-10-13-8-12(9-18)3-6-16(13)20-2/h3-8,19H,10H2,1-2H3. The van der Waals surface area contributed by atoms with Crippen molar-refractivity contribution >= 4 is 21.6 Å². The van der Waals surface area contributed by atoms with Gasteiger partial charge in [-0.05, 0) is 48.9 Å². The number of nitriles is 1. The molecular formula is C16H15BrN2O. The van der Waals surface area contributed by atoms with Crippen LogP contribution < -0.4 is 10.1 Å². The number of ether oxygens (including phenoxy) is 1. The number of halogens is 1. The minimum absolute atomic E-state index is 0.612. The van der Waals surface area contributed by atoms with Crippen LogP contribution in [0.3, 0.4) is 0 Å². The largest absolute Gasteiger partial charge is 0.496 e. The lowest BCUT2D eigenvalue weighted by Gasteiger charge is -2.13. The van der Waals surface area contributed by atoms with Crippen molar-refractivity contribution in [3.05, 3.63) is 57.6 Å². The van der Waals surface area contributed by atoms with Gasteiger partial charge in [0, 0.05) is 22.3 Å². The zero-order valence-corrected chi connectivity index (χ0v) is 13.0. The molecule has 2 aromatic carbocycles. The Morgan fingerprint density at radius 2 is 2.05 bits per heavy atom. The van der Waals surface area contributed by atoms with E-state index in [0.29, 0.717) is 12.1 Å². The van der Waals surface area contributed by atoms with Gasteiger partial charge in [0.2, 0.25) is 0 Å². The van der Waals surface area contributed by atoms with Crippen molar-refractivity contribution in [1.82, 2.24) is 0 Å². The number of rotatable bonds is 4. The molecule has 0 radical (unpaired) electrons. The highest BCUT2D eigenvalue weighted by molar-refractivity contribution is 9.10. The van der Waals surface area contributed by atoms with E-state index < -0.39 is 0 Å². The first-order valence-corrected chi connectivity index (χ1v) is 7.00. The summed E-state index contributed by atoms with van der Waals surface area (Å²) < 4.78 is 6.39. The molecule has 4 heteroatoms. The molecule has 0 unspecified atom stereocenters. The Balaban J connectivity index is 2.20. The van der Waals surface area contributed by atoms with Gasteiger partial charge in [0.15, 0.2) is 0 Å². The van der Waals surface area contributed by atoms with E-state index in [1.54, 1.807) is 13.2 Å². The fraction of sp³-hybridized carbons (Fsp3) is 0.188. The number of benzene rings is 2. The van der Waals surface area contributed by atoms with Crippen LogP contribution in [0, 0.1) is 18.3 Å². The molecule has 0 aliphatic rings. The summed E-state index contributed by atoms with van der Waals surface area (Å²) in [5, 5.41) is 12.3. The molecular weight excluding hydrogens is 316 g/mol. The fourth-order valence-corrected chi connectivity index (χ4v) is 2.48. The lowest BCUT2D eigenvalue weighted by atomic mass is 10.1. The lowest BCUT2D eigenvalue weighted by molar-refractivity contribution is 0.410. The molecule has 0 aromatic heterocycles. The summed E-state index contributed by atoms with van der Waals surface area (Å²) in [6, 6.07) is 13.7. The van der Waals surface area contributed by atoms with Gasteiger partial charge in [0.25, 0.3) is 0 Å². The highest BCUT2D eigenvalue weighted by Crippen LogP contribution is 2.24. The van der Waals surface area contributed by atoms with Crippen LogP contribution in [0.4, 0.5) is 5.69 Å². The summed E-state index contributed by atoms with van der Waals surface area (Å²) >= 11 is 3.45. The molecule has 0 fully saturated rings. The molecule has 0 aliphatic heterocycles. The van der Waals surface area contributed by atoms with Crippen molar-refractivity contribution in [1.29, 1.82) is 5.26 Å². The first kappa shape index (κ1) is 14.4. The number of methoxy groups -OCH3 is 1. The van der Waals surface area contributed by atoms with Gasteiger partial charge in [0.1, 0.15) is 5.75 Å². The van der Waals surface area contributed by atoms with Gasteiger partial charge in [-0.1, -0.05) is 15.9 Å². The molecule has 0 amide bonds. The van der Waals surface area contributed by atoms with E-state index in [2.05, 4.69) is 40.3 Å². The van der Waals surface area contributed by atoms with Gasteiger partial charge in [-0.3, -0.25) is 0 Å². The summed E-state index contributed by atoms with van der Waals surface area (Å²) in [5.41, 5.74) is 3.83. The highest BCUT2D eigenvalue weighted by Gasteiger charge is 2.05. The van der Waals surface area contributed by atoms with E-state index in [4.69, 9.17) is 10.00 Å². The van der Waals surface area contributed by atoms with E-state index in [-0.39, 0.29) is 0 Å². The van der Waals surface area contributed by atoms with Crippen LogP contribution in [0.1, 0.15) is 16.7 Å². The molecule has 1 N–H and O–H groups in total. The monoisotopic (exact) mass is 330 g/mol. The second kappa shape index (κ2) is 6.44. The van der Waals surface area contributed by atoms with Crippen molar-refractivity contribution in [3.8, 4) is 11.8 Å². The average Bonchev–Trinajstić information content (AvgIpc) is 2.46. The Hall–Kier alpha value is -1.99. The minimum Gasteiger partial charge on any atom is -0.496 e. The van der Waals surface area contributed by atoms with E-state index >= 15 is 0 Å². The number of anilines is 1. The van der Waals surface area contributed by atoms with Gasteiger partial charge in [-0.2, -0.15) is 5.26 Å². The maximum absolute atomic E-state index is 8.97. The van der Waals surface area contributed by atoms with Crippen LogP contribution in [-0.4, -0.2) is 7.11 Å². The number of aryl methyl sites for hydroxylation is 1. The number of nitrogens with one attached hydrogen (secondary N) is 1. The van der Waals surface area contributed by atoms with Crippen LogP contribution >= 0.6 is 15.9 Å². The predicted molar refractivity (Wildman–Crippen MR) is 83.9 cm³/mol. The maximum atomic E-state index is 8.97. The first-order chi connectivity index (χ1) is 9.63. The normalized spacial score (nSPS) is 9.90. The molecule has 0 aliphatic carbocycles. The van der Waals surface area contributed by atoms with E-state index in [1.807, 2.05) is 24.3 Å². The lowest BCUT2D eigenvalue weighted by Crippen LogP contribution is -2.03. The Bertz CT molecular complexity index is 662. The molecule has 2 aromatic rings. The summed E-state index contributed by atoms with van der Waals surface area (Å²) in [7, 11) is 1.63. The average molecular weight is 331 g/mol. The summed E-state index contributed by atoms with van der Waals surface area (Å²) in [5.74, 6) is 0.784. The molecule has 0 saturated carbocycles. The van der Waals surface area contributed by atoms with Crippen molar-refractivity contribution in [3.63, 3.8) is 0 Å². The van der Waals surface area contributed by atoms with Crippen LogP contribution in [-0.2, 0) is 6.54 Å². The van der Waals surface area contributed by atoms with E-state index in [1.165, 1.54) is 0 Å². The third-order valence-corrected chi connectivity index (χ3v) is 3.56. The smallest absolute Gasteiger partial charge is 0.123 e. The number of hydrogen-bond acceptors (Lipinski definition) is 3. The third-order valence-electron chi connectivity index (χ3n) is 3.07. The molecule has 0 saturated heterocycles. The highest BCUT2D eigenvalue weighted by atomic mass is 79.9. The van der Waals surface area contributed by atoms with Crippen molar-refractivity contribution in [2.45, 2.75) is 13.5 Å².